The van der Waals surface area contributed by atoms with Crippen LogP contribution >= 0.6 is 0 Å². The van der Waals surface area contributed by atoms with Crippen LogP contribution in [-0.4, -0.2) is 58.7 Å². The number of hydrogen-bond donors (Lipinski definition) is 4. The Morgan fingerprint density at radius 2 is 1.24 bits per heavy atom. The molecule has 180 valence electrons. The van der Waals surface area contributed by atoms with Crippen LogP contribution < -0.4 is 10.0 Å². The van der Waals surface area contributed by atoms with Crippen molar-refractivity contribution in [2.75, 3.05) is 24.1 Å². The third-order valence-electron chi connectivity index (χ3n) is 4.07. The Hall–Kier alpha value is -2.82. The third-order valence-corrected chi connectivity index (χ3v) is 7.35. The molecular formula is C18H21N3O9S3. The third kappa shape index (κ3) is 7.08. The molecule has 2 rings (SSSR count). The summed E-state index contributed by atoms with van der Waals surface area (Å²) < 4.78 is 93.2. The number of anilines is 2. The second-order valence-electron chi connectivity index (χ2n) is 6.86. The Labute approximate surface area is 191 Å². The summed E-state index contributed by atoms with van der Waals surface area (Å²) in [6, 6.07) is 6.94. The van der Waals surface area contributed by atoms with E-state index in [9.17, 15) is 39.2 Å². The molecule has 0 aliphatic carbocycles. The highest BCUT2D eigenvalue weighted by Crippen LogP contribution is 2.26. The SMILES string of the molecule is CC(=O)Nc1ccc(/C=C/c2ccc(NS(=O)(=O)N(C)C)cc2S(=O)(=O)O)c(S(=O)(=O)O)c1. The number of nitrogens with zero attached hydrogens (tertiary/aromatic N) is 1. The molecule has 0 aromatic heterocycles. The molecule has 0 atom stereocenters. The van der Waals surface area contributed by atoms with Gasteiger partial charge < -0.3 is 5.32 Å². The zero-order chi connectivity index (χ0) is 25.2. The van der Waals surface area contributed by atoms with Gasteiger partial charge in [-0.2, -0.15) is 29.6 Å². The van der Waals surface area contributed by atoms with Crippen LogP contribution in [-0.2, 0) is 35.2 Å². The van der Waals surface area contributed by atoms with Gasteiger partial charge >= 0.3 is 10.2 Å². The molecule has 0 heterocycles. The maximum Gasteiger partial charge on any atom is 0.301 e. The van der Waals surface area contributed by atoms with Gasteiger partial charge in [-0.3, -0.25) is 18.6 Å². The van der Waals surface area contributed by atoms with Crippen molar-refractivity contribution in [1.82, 2.24) is 4.31 Å². The van der Waals surface area contributed by atoms with Crippen molar-refractivity contribution in [3.05, 3.63) is 47.5 Å². The van der Waals surface area contributed by atoms with E-state index in [4.69, 9.17) is 0 Å². The van der Waals surface area contributed by atoms with Crippen LogP contribution in [0.2, 0.25) is 0 Å². The second-order valence-corrected chi connectivity index (χ2v) is 11.5. The highest BCUT2D eigenvalue weighted by Gasteiger charge is 2.19. The van der Waals surface area contributed by atoms with E-state index in [1.807, 2.05) is 0 Å². The van der Waals surface area contributed by atoms with Crippen LogP contribution in [0.3, 0.4) is 0 Å². The molecule has 0 aliphatic rings. The number of nitrogens with one attached hydrogen (secondary N) is 2. The minimum absolute atomic E-state index is 0.0507. The maximum absolute atomic E-state index is 12.0. The maximum atomic E-state index is 12.0. The first-order valence-electron chi connectivity index (χ1n) is 8.90. The molecule has 33 heavy (non-hydrogen) atoms. The van der Waals surface area contributed by atoms with Crippen molar-refractivity contribution in [2.45, 2.75) is 16.7 Å². The van der Waals surface area contributed by atoms with Crippen molar-refractivity contribution in [2.24, 2.45) is 0 Å². The Kier molecular flexibility index (Phi) is 7.67. The van der Waals surface area contributed by atoms with Crippen LogP contribution in [0.5, 0.6) is 0 Å². The van der Waals surface area contributed by atoms with Gasteiger partial charge in [0.1, 0.15) is 9.79 Å². The van der Waals surface area contributed by atoms with Gasteiger partial charge in [0.2, 0.25) is 5.91 Å². The van der Waals surface area contributed by atoms with Gasteiger partial charge in [-0.05, 0) is 35.4 Å². The second kappa shape index (κ2) is 9.58. The molecule has 12 nitrogen and oxygen atoms in total. The fourth-order valence-corrected chi connectivity index (χ4v) is 4.58. The lowest BCUT2D eigenvalue weighted by molar-refractivity contribution is -0.114. The highest BCUT2D eigenvalue weighted by molar-refractivity contribution is 7.90. The van der Waals surface area contributed by atoms with E-state index < -0.39 is 46.1 Å². The molecule has 0 radical (unpaired) electrons. The topological polar surface area (TPSA) is 187 Å². The van der Waals surface area contributed by atoms with Crippen molar-refractivity contribution >= 4 is 59.9 Å². The van der Waals surface area contributed by atoms with Gasteiger partial charge in [0.15, 0.2) is 0 Å². The first-order valence-corrected chi connectivity index (χ1v) is 13.2. The van der Waals surface area contributed by atoms with Gasteiger partial charge in [0, 0.05) is 26.7 Å². The van der Waals surface area contributed by atoms with Gasteiger partial charge in [-0.1, -0.05) is 24.3 Å². The molecule has 0 saturated carbocycles. The van der Waals surface area contributed by atoms with Crippen molar-refractivity contribution in [3.8, 4) is 0 Å². The van der Waals surface area contributed by atoms with Crippen molar-refractivity contribution in [3.63, 3.8) is 0 Å². The average molecular weight is 520 g/mol. The fraction of sp³-hybridized carbons (Fsp3) is 0.167. The Bertz CT molecular complexity index is 1430. The number of amides is 1. The van der Waals surface area contributed by atoms with Crippen LogP contribution in [0.4, 0.5) is 11.4 Å². The van der Waals surface area contributed by atoms with Crippen LogP contribution in [0.15, 0.2) is 46.2 Å². The minimum Gasteiger partial charge on any atom is -0.326 e. The van der Waals surface area contributed by atoms with Gasteiger partial charge in [-0.25, -0.2) is 0 Å². The smallest absolute Gasteiger partial charge is 0.301 e. The number of rotatable bonds is 8. The van der Waals surface area contributed by atoms with E-state index in [-0.39, 0.29) is 22.5 Å². The molecule has 0 spiro atoms. The predicted molar refractivity (Wildman–Crippen MR) is 122 cm³/mol. The van der Waals surface area contributed by atoms with E-state index in [0.29, 0.717) is 0 Å². The highest BCUT2D eigenvalue weighted by atomic mass is 32.2. The standard InChI is InChI=1S/C18H21N3O9S3/c1-12(22)19-15-8-6-13(17(10-15)31(23,24)25)4-5-14-7-9-16(11-18(14)32(26,27)28)20-33(29,30)21(2)3/h4-11,20H,1-3H3,(H,19,22)(H,23,24,25)(H,26,27,28)/b5-4+. The van der Waals surface area contributed by atoms with Gasteiger partial charge in [-0.15, -0.1) is 0 Å². The number of hydrogen-bond acceptors (Lipinski definition) is 7. The Morgan fingerprint density at radius 1 is 0.818 bits per heavy atom. The summed E-state index contributed by atoms with van der Waals surface area (Å²) in [4.78, 5) is 9.98. The molecule has 4 N–H and O–H groups in total. The van der Waals surface area contributed by atoms with Gasteiger partial charge in [0.25, 0.3) is 20.2 Å². The van der Waals surface area contributed by atoms with Crippen molar-refractivity contribution < 1.29 is 39.2 Å². The molecule has 15 heteroatoms. The normalized spacial score (nSPS) is 12.8. The largest absolute Gasteiger partial charge is 0.326 e. The first kappa shape index (κ1) is 26.4. The molecule has 0 bridgehead atoms. The fourth-order valence-electron chi connectivity index (χ4n) is 2.56. The quantitative estimate of drug-likeness (QED) is 0.296. The summed E-state index contributed by atoms with van der Waals surface area (Å²) >= 11 is 0. The van der Waals surface area contributed by atoms with E-state index >= 15 is 0 Å². The first-order chi connectivity index (χ1) is 15.0. The Morgan fingerprint density at radius 3 is 1.64 bits per heavy atom. The van der Waals surface area contributed by atoms with E-state index in [2.05, 4.69) is 10.0 Å². The van der Waals surface area contributed by atoms with Crippen LogP contribution in [0, 0.1) is 0 Å². The van der Waals surface area contributed by atoms with E-state index in [0.717, 1.165) is 28.6 Å². The zero-order valence-electron chi connectivity index (χ0n) is 17.5. The lowest BCUT2D eigenvalue weighted by Gasteiger charge is -2.14. The van der Waals surface area contributed by atoms with E-state index in [1.54, 1.807) is 0 Å². The zero-order valence-corrected chi connectivity index (χ0v) is 20.0. The predicted octanol–water partition coefficient (Wildman–Crippen LogP) is 1.53. The number of benzene rings is 2. The molecule has 0 fully saturated rings. The summed E-state index contributed by atoms with van der Waals surface area (Å²) in [5.74, 6) is -0.470. The number of carbonyl (C=O) groups excluding carboxylic acids is 1. The summed E-state index contributed by atoms with van der Waals surface area (Å²) in [6.45, 7) is 1.21. The molecule has 0 aliphatic heterocycles. The summed E-state index contributed by atoms with van der Waals surface area (Å²) in [5, 5.41) is 2.37. The van der Waals surface area contributed by atoms with Crippen molar-refractivity contribution in [1.29, 1.82) is 0 Å². The van der Waals surface area contributed by atoms with Gasteiger partial charge in [0.05, 0.1) is 5.69 Å². The summed E-state index contributed by atoms with van der Waals surface area (Å²) in [5.41, 5.74) is -0.196. The minimum atomic E-state index is -4.81. The molecule has 2 aromatic rings. The average Bonchev–Trinajstić information content (AvgIpc) is 2.65. The summed E-state index contributed by atoms with van der Waals surface area (Å²) in [6.07, 6.45) is 2.31. The molecule has 0 unspecified atom stereocenters. The van der Waals surface area contributed by atoms with E-state index in [1.165, 1.54) is 45.3 Å². The van der Waals surface area contributed by atoms with Crippen LogP contribution in [0.25, 0.3) is 12.2 Å². The molecular weight excluding hydrogens is 498 g/mol. The lowest BCUT2D eigenvalue weighted by atomic mass is 10.1. The molecule has 0 saturated heterocycles. The summed E-state index contributed by atoms with van der Waals surface area (Å²) in [7, 11) is -11.0. The monoisotopic (exact) mass is 519 g/mol. The molecule has 1 amide bonds. The Balaban J connectivity index is 2.56. The number of carbonyl (C=O) groups is 1. The lowest BCUT2D eigenvalue weighted by Crippen LogP contribution is -2.29. The van der Waals surface area contributed by atoms with Crippen LogP contribution in [0.1, 0.15) is 18.1 Å². The molecule has 2 aromatic carbocycles.